The highest BCUT2D eigenvalue weighted by Gasteiger charge is 2.20. The van der Waals surface area contributed by atoms with Gasteiger partial charge in [0.25, 0.3) is 5.91 Å². The Kier molecular flexibility index (Phi) is 5.45. The van der Waals surface area contributed by atoms with E-state index in [2.05, 4.69) is 20.7 Å². The Bertz CT molecular complexity index is 1300. The van der Waals surface area contributed by atoms with Crippen LogP contribution in [0.15, 0.2) is 30.5 Å². The summed E-state index contributed by atoms with van der Waals surface area (Å²) in [6, 6.07) is 7.41. The smallest absolute Gasteiger partial charge is 0.258 e. The Balaban J connectivity index is 1.70. The Hall–Kier alpha value is -3.33. The highest BCUT2D eigenvalue weighted by Crippen LogP contribution is 2.30. The fourth-order valence-electron chi connectivity index (χ4n) is 3.32. The minimum absolute atomic E-state index is 0.130. The van der Waals surface area contributed by atoms with Crippen molar-refractivity contribution in [3.05, 3.63) is 41.7 Å². The third kappa shape index (κ3) is 4.13. The van der Waals surface area contributed by atoms with Gasteiger partial charge in [-0.1, -0.05) is 25.2 Å². The Morgan fingerprint density at radius 3 is 2.52 bits per heavy atom. The van der Waals surface area contributed by atoms with Gasteiger partial charge >= 0.3 is 0 Å². The first-order chi connectivity index (χ1) is 14.7. The van der Waals surface area contributed by atoms with Gasteiger partial charge in [0.05, 0.1) is 27.4 Å². The molecular formula is C22H24N6O2S. The average Bonchev–Trinajstić information content (AvgIpc) is 3.29. The third-order valence-corrected chi connectivity index (χ3v) is 5.77. The fraction of sp³-hybridized carbons (Fsp3) is 0.318. The number of pyridine rings is 1. The second-order valence-corrected chi connectivity index (χ2v) is 9.04. The Morgan fingerprint density at radius 1 is 1.06 bits per heavy atom. The number of amides is 2. The fourth-order valence-corrected chi connectivity index (χ4v) is 4.22. The van der Waals surface area contributed by atoms with Crippen molar-refractivity contribution >= 4 is 55.2 Å². The molecule has 0 spiro atoms. The number of carbonyl (C=O) groups excluding carboxylic acids is 2. The van der Waals surface area contributed by atoms with Crippen LogP contribution >= 0.6 is 11.3 Å². The van der Waals surface area contributed by atoms with Gasteiger partial charge < -0.3 is 5.32 Å². The van der Waals surface area contributed by atoms with Crippen molar-refractivity contribution in [2.75, 3.05) is 10.6 Å². The van der Waals surface area contributed by atoms with Gasteiger partial charge in [-0.05, 0) is 44.0 Å². The molecule has 4 aromatic rings. The molecule has 31 heavy (non-hydrogen) atoms. The Morgan fingerprint density at radius 2 is 1.84 bits per heavy atom. The first-order valence-corrected chi connectivity index (χ1v) is 10.9. The third-order valence-electron chi connectivity index (χ3n) is 4.84. The molecule has 1 aromatic carbocycles. The van der Waals surface area contributed by atoms with Crippen molar-refractivity contribution in [3.63, 3.8) is 0 Å². The van der Waals surface area contributed by atoms with E-state index in [9.17, 15) is 9.59 Å². The van der Waals surface area contributed by atoms with Crippen LogP contribution in [-0.2, 0) is 4.79 Å². The van der Waals surface area contributed by atoms with E-state index in [1.807, 2.05) is 50.6 Å². The molecule has 0 saturated heterocycles. The summed E-state index contributed by atoms with van der Waals surface area (Å²) in [5, 5.41) is 11.3. The van der Waals surface area contributed by atoms with Crippen LogP contribution in [0.1, 0.15) is 62.6 Å². The lowest BCUT2D eigenvalue weighted by atomic mass is 10.0. The highest BCUT2D eigenvalue weighted by atomic mass is 32.1. The number of aromatic nitrogens is 4. The molecule has 3 aromatic heterocycles. The quantitative estimate of drug-likeness (QED) is 0.461. The molecule has 0 bridgehead atoms. The maximum Gasteiger partial charge on any atom is 0.258 e. The molecule has 0 saturated carbocycles. The van der Waals surface area contributed by atoms with E-state index in [0.29, 0.717) is 27.4 Å². The van der Waals surface area contributed by atoms with Crippen molar-refractivity contribution in [1.29, 1.82) is 0 Å². The molecular weight excluding hydrogens is 412 g/mol. The number of nitrogens with zero attached hydrogens (tertiary/aromatic N) is 4. The zero-order valence-electron chi connectivity index (χ0n) is 18.1. The van der Waals surface area contributed by atoms with Gasteiger partial charge in [-0.15, -0.1) is 0 Å². The van der Waals surface area contributed by atoms with E-state index in [0.717, 1.165) is 15.9 Å². The van der Waals surface area contributed by atoms with Crippen LogP contribution in [0.25, 0.3) is 21.3 Å². The normalized spacial score (nSPS) is 11.6. The van der Waals surface area contributed by atoms with E-state index in [-0.39, 0.29) is 23.8 Å². The summed E-state index contributed by atoms with van der Waals surface area (Å²) in [5.74, 6) is -0.221. The molecule has 2 amide bonds. The number of hydrogen-bond donors (Lipinski definition) is 2. The van der Waals surface area contributed by atoms with Crippen LogP contribution < -0.4 is 10.6 Å². The van der Waals surface area contributed by atoms with Gasteiger partial charge in [-0.25, -0.2) is 14.6 Å². The zero-order chi connectivity index (χ0) is 22.3. The maximum atomic E-state index is 13.2. The van der Waals surface area contributed by atoms with Crippen LogP contribution in [0.5, 0.6) is 0 Å². The SMILES string of the molecule is CC(=O)Nc1ccc2nc(NC(=O)c3cc(C(C)C)nc4c3cnn4C(C)C)sc2c1. The van der Waals surface area contributed by atoms with Crippen molar-refractivity contribution in [2.45, 2.75) is 46.6 Å². The molecule has 0 aliphatic carbocycles. The summed E-state index contributed by atoms with van der Waals surface area (Å²) in [6.45, 7) is 9.63. The maximum absolute atomic E-state index is 13.2. The molecule has 0 fully saturated rings. The molecule has 0 radical (unpaired) electrons. The number of benzene rings is 1. The van der Waals surface area contributed by atoms with Crippen molar-refractivity contribution in [2.24, 2.45) is 0 Å². The van der Waals surface area contributed by atoms with Crippen molar-refractivity contribution in [3.8, 4) is 0 Å². The van der Waals surface area contributed by atoms with Crippen LogP contribution in [-0.4, -0.2) is 31.6 Å². The van der Waals surface area contributed by atoms with Gasteiger partial charge in [-0.2, -0.15) is 5.10 Å². The minimum Gasteiger partial charge on any atom is -0.326 e. The molecule has 0 aliphatic rings. The summed E-state index contributed by atoms with van der Waals surface area (Å²) in [4.78, 5) is 33.7. The lowest BCUT2D eigenvalue weighted by Crippen LogP contribution is -2.14. The average molecular weight is 437 g/mol. The predicted octanol–water partition coefficient (Wildman–Crippen LogP) is 4.96. The first-order valence-electron chi connectivity index (χ1n) is 10.1. The van der Waals surface area contributed by atoms with Crippen LogP contribution in [0, 0.1) is 0 Å². The second kappa shape index (κ2) is 8.07. The Labute approximate surface area is 183 Å². The van der Waals surface area contributed by atoms with Gasteiger partial charge in [0.15, 0.2) is 10.8 Å². The number of rotatable bonds is 5. The van der Waals surface area contributed by atoms with E-state index < -0.39 is 0 Å². The monoisotopic (exact) mass is 436 g/mol. The van der Waals surface area contributed by atoms with Gasteiger partial charge in [0.1, 0.15) is 0 Å². The number of hydrogen-bond acceptors (Lipinski definition) is 6. The van der Waals surface area contributed by atoms with Crippen LogP contribution in [0.2, 0.25) is 0 Å². The highest BCUT2D eigenvalue weighted by molar-refractivity contribution is 7.22. The zero-order valence-corrected chi connectivity index (χ0v) is 18.9. The molecule has 3 heterocycles. The van der Waals surface area contributed by atoms with Gasteiger partial charge in [0, 0.05) is 24.3 Å². The molecule has 160 valence electrons. The van der Waals surface area contributed by atoms with E-state index >= 15 is 0 Å². The molecule has 8 nitrogen and oxygen atoms in total. The lowest BCUT2D eigenvalue weighted by molar-refractivity contribution is -0.114. The summed E-state index contributed by atoms with van der Waals surface area (Å²) in [5.41, 5.74) is 3.52. The second-order valence-electron chi connectivity index (χ2n) is 8.01. The van der Waals surface area contributed by atoms with Gasteiger partial charge in [0.2, 0.25) is 5.91 Å². The van der Waals surface area contributed by atoms with Crippen molar-refractivity contribution < 1.29 is 9.59 Å². The largest absolute Gasteiger partial charge is 0.326 e. The van der Waals surface area contributed by atoms with Crippen LogP contribution in [0.4, 0.5) is 10.8 Å². The number of anilines is 2. The van der Waals surface area contributed by atoms with Crippen molar-refractivity contribution in [1.82, 2.24) is 19.7 Å². The predicted molar refractivity (Wildman–Crippen MR) is 124 cm³/mol. The topological polar surface area (TPSA) is 102 Å². The van der Waals surface area contributed by atoms with E-state index in [1.165, 1.54) is 18.3 Å². The summed E-state index contributed by atoms with van der Waals surface area (Å²) >= 11 is 1.36. The lowest BCUT2D eigenvalue weighted by Gasteiger charge is -2.11. The number of fused-ring (bicyclic) bond motifs is 2. The summed E-state index contributed by atoms with van der Waals surface area (Å²) in [7, 11) is 0. The summed E-state index contributed by atoms with van der Waals surface area (Å²) < 4.78 is 2.70. The molecule has 0 unspecified atom stereocenters. The summed E-state index contributed by atoms with van der Waals surface area (Å²) in [6.07, 6.45) is 1.69. The van der Waals surface area contributed by atoms with E-state index in [1.54, 1.807) is 12.3 Å². The molecule has 4 rings (SSSR count). The van der Waals surface area contributed by atoms with Gasteiger partial charge in [-0.3, -0.25) is 14.9 Å². The molecule has 0 atom stereocenters. The minimum atomic E-state index is -0.251. The number of thiazole rings is 1. The molecule has 9 heteroatoms. The number of carbonyl (C=O) groups is 2. The van der Waals surface area contributed by atoms with Crippen LogP contribution in [0.3, 0.4) is 0 Å². The molecule has 2 N–H and O–H groups in total. The van der Waals surface area contributed by atoms with E-state index in [4.69, 9.17) is 4.98 Å². The first kappa shape index (κ1) is 20.9. The number of nitrogens with one attached hydrogen (secondary N) is 2. The molecule has 0 aliphatic heterocycles. The standard InChI is InChI=1S/C22H24N6O2S/c1-11(2)18-9-15(16-10-23-28(12(3)4)20(16)25-18)21(30)27-22-26-17-7-6-14(24-13(5)29)8-19(17)31-22/h6-12H,1-5H3,(H,24,29)(H,26,27,30).